The van der Waals surface area contributed by atoms with Crippen LogP contribution in [-0.2, 0) is 9.59 Å². The first-order chi connectivity index (χ1) is 10.8. The van der Waals surface area contributed by atoms with Gasteiger partial charge in [-0.3, -0.25) is 14.5 Å². The summed E-state index contributed by atoms with van der Waals surface area (Å²) in [7, 11) is 5.67. The molecule has 2 N–H and O–H groups in total. The first kappa shape index (κ1) is 22.2. The van der Waals surface area contributed by atoms with E-state index < -0.39 is 6.23 Å². The number of carbonyl (C=O) groups is 2. The molecule has 0 spiro atoms. The first-order valence-corrected chi connectivity index (χ1v) is 8.52. The zero-order valence-electron chi connectivity index (χ0n) is 15.5. The third-order valence-corrected chi connectivity index (χ3v) is 4.10. The van der Waals surface area contributed by atoms with Gasteiger partial charge >= 0.3 is 0 Å². The summed E-state index contributed by atoms with van der Waals surface area (Å²) in [5.41, 5.74) is 0. The molecule has 0 bridgehead atoms. The summed E-state index contributed by atoms with van der Waals surface area (Å²) >= 11 is 0. The van der Waals surface area contributed by atoms with Gasteiger partial charge < -0.3 is 15.3 Å². The van der Waals surface area contributed by atoms with E-state index in [-0.39, 0.29) is 17.6 Å². The molecule has 0 saturated heterocycles. The minimum atomic E-state index is -0.556. The Balaban J connectivity index is 3.73. The number of ketones is 2. The van der Waals surface area contributed by atoms with Crippen LogP contribution in [0.25, 0.3) is 0 Å². The Bertz CT molecular complexity index is 350. The molecular formula is C17H35N3O3. The molecule has 0 aliphatic heterocycles. The molecule has 136 valence electrons. The van der Waals surface area contributed by atoms with Gasteiger partial charge in [0.15, 0.2) is 0 Å². The summed E-state index contributed by atoms with van der Waals surface area (Å²) in [6.45, 7) is 5.37. The quantitative estimate of drug-likeness (QED) is 0.364. The largest absolute Gasteiger partial charge is 0.378 e. The lowest BCUT2D eigenvalue weighted by Crippen LogP contribution is -2.35. The molecule has 23 heavy (non-hydrogen) atoms. The molecule has 0 aliphatic carbocycles. The van der Waals surface area contributed by atoms with Crippen molar-refractivity contribution in [2.45, 2.75) is 58.2 Å². The third-order valence-electron chi connectivity index (χ3n) is 4.10. The highest BCUT2D eigenvalue weighted by molar-refractivity contribution is 5.81. The van der Waals surface area contributed by atoms with E-state index in [0.29, 0.717) is 13.0 Å². The van der Waals surface area contributed by atoms with Crippen LogP contribution in [0.4, 0.5) is 0 Å². The predicted octanol–water partition coefficient (Wildman–Crippen LogP) is 0.885. The number of nitrogens with one attached hydrogen (secondary N) is 1. The number of Topliss-reactive ketones (excluding diaryl/α,β-unsaturated/α-hetero) is 2. The highest BCUT2D eigenvalue weighted by atomic mass is 16.3. The molecule has 6 nitrogen and oxygen atoms in total. The number of nitrogens with zero attached hydrogens (tertiary/aromatic N) is 2. The summed E-state index contributed by atoms with van der Waals surface area (Å²) in [5.74, 6) is 0.263. The molecule has 0 amide bonds. The Morgan fingerprint density at radius 3 is 2.17 bits per heavy atom. The van der Waals surface area contributed by atoms with E-state index in [1.165, 1.54) is 6.92 Å². The van der Waals surface area contributed by atoms with E-state index >= 15 is 0 Å². The van der Waals surface area contributed by atoms with Crippen molar-refractivity contribution in [1.82, 2.24) is 15.1 Å². The maximum atomic E-state index is 11.3. The van der Waals surface area contributed by atoms with Gasteiger partial charge in [-0.2, -0.15) is 0 Å². The van der Waals surface area contributed by atoms with Gasteiger partial charge in [-0.1, -0.05) is 6.42 Å². The Hall–Kier alpha value is -0.820. The van der Waals surface area contributed by atoms with Gasteiger partial charge in [-0.05, 0) is 73.8 Å². The van der Waals surface area contributed by atoms with Crippen LogP contribution >= 0.6 is 0 Å². The number of hydrogen-bond donors (Lipinski definition) is 2. The summed E-state index contributed by atoms with van der Waals surface area (Å²) in [4.78, 5) is 26.3. The number of likely N-dealkylation sites (N-methyl/N-ethyl adjacent to an activating group) is 2. The van der Waals surface area contributed by atoms with Gasteiger partial charge in [0.25, 0.3) is 0 Å². The molecular weight excluding hydrogens is 294 g/mol. The summed E-state index contributed by atoms with van der Waals surface area (Å²) in [5, 5.41) is 13.0. The van der Waals surface area contributed by atoms with Crippen LogP contribution in [0.5, 0.6) is 0 Å². The molecule has 6 heteroatoms. The molecule has 0 aromatic carbocycles. The predicted molar refractivity (Wildman–Crippen MR) is 93.4 cm³/mol. The van der Waals surface area contributed by atoms with Crippen molar-refractivity contribution in [3.63, 3.8) is 0 Å². The van der Waals surface area contributed by atoms with Crippen molar-refractivity contribution in [2.75, 3.05) is 40.8 Å². The molecule has 2 atom stereocenters. The lowest BCUT2D eigenvalue weighted by atomic mass is 10.1. The maximum Gasteiger partial charge on any atom is 0.146 e. The molecule has 0 heterocycles. The summed E-state index contributed by atoms with van der Waals surface area (Å²) in [6, 6.07) is -0.0210. The third kappa shape index (κ3) is 11.4. The van der Waals surface area contributed by atoms with Crippen LogP contribution < -0.4 is 5.32 Å². The van der Waals surface area contributed by atoms with Gasteiger partial charge in [0.2, 0.25) is 0 Å². The SMILES string of the molecule is CNC(CCCCN(C)CCCC(O)N(C)CC(C)=O)C(C)=O. The van der Waals surface area contributed by atoms with E-state index in [1.807, 2.05) is 7.05 Å². The lowest BCUT2D eigenvalue weighted by molar-refractivity contribution is -0.120. The van der Waals surface area contributed by atoms with E-state index in [1.54, 1.807) is 18.9 Å². The average molecular weight is 329 g/mol. The van der Waals surface area contributed by atoms with Gasteiger partial charge in [0, 0.05) is 0 Å². The Morgan fingerprint density at radius 2 is 1.65 bits per heavy atom. The zero-order valence-corrected chi connectivity index (χ0v) is 15.5. The van der Waals surface area contributed by atoms with Crippen molar-refractivity contribution in [2.24, 2.45) is 0 Å². The molecule has 0 fully saturated rings. The van der Waals surface area contributed by atoms with E-state index in [9.17, 15) is 14.7 Å². The number of hydrogen-bond acceptors (Lipinski definition) is 6. The fourth-order valence-corrected chi connectivity index (χ4v) is 2.61. The van der Waals surface area contributed by atoms with Gasteiger partial charge in [0.05, 0.1) is 12.6 Å². The summed E-state index contributed by atoms with van der Waals surface area (Å²) in [6.07, 6.45) is 3.98. The number of carbonyl (C=O) groups excluding carboxylic acids is 2. The molecule has 0 rings (SSSR count). The van der Waals surface area contributed by atoms with Crippen molar-refractivity contribution >= 4 is 11.6 Å². The van der Waals surface area contributed by atoms with Crippen molar-refractivity contribution < 1.29 is 14.7 Å². The van der Waals surface area contributed by atoms with E-state index in [2.05, 4.69) is 17.3 Å². The van der Waals surface area contributed by atoms with Gasteiger partial charge in [0.1, 0.15) is 17.8 Å². The Kier molecular flexibility index (Phi) is 12.1. The van der Waals surface area contributed by atoms with Crippen LogP contribution in [0.2, 0.25) is 0 Å². The maximum absolute atomic E-state index is 11.3. The fraction of sp³-hybridized carbons (Fsp3) is 0.882. The second-order valence-electron chi connectivity index (χ2n) is 6.49. The van der Waals surface area contributed by atoms with E-state index in [4.69, 9.17) is 0 Å². The lowest BCUT2D eigenvalue weighted by Gasteiger charge is -2.23. The van der Waals surface area contributed by atoms with Crippen molar-refractivity contribution in [1.29, 1.82) is 0 Å². The molecule has 0 radical (unpaired) electrons. The second-order valence-corrected chi connectivity index (χ2v) is 6.49. The van der Waals surface area contributed by atoms with Crippen molar-refractivity contribution in [3.05, 3.63) is 0 Å². The molecule has 0 aromatic heterocycles. The van der Waals surface area contributed by atoms with Gasteiger partial charge in [-0.15, -0.1) is 0 Å². The van der Waals surface area contributed by atoms with Crippen LogP contribution in [0.15, 0.2) is 0 Å². The molecule has 2 unspecified atom stereocenters. The van der Waals surface area contributed by atoms with Gasteiger partial charge in [-0.25, -0.2) is 0 Å². The minimum Gasteiger partial charge on any atom is -0.378 e. The zero-order chi connectivity index (χ0) is 17.8. The molecule has 0 aromatic rings. The topological polar surface area (TPSA) is 72.9 Å². The normalized spacial score (nSPS) is 14.3. The van der Waals surface area contributed by atoms with Crippen molar-refractivity contribution in [3.8, 4) is 0 Å². The standard InChI is InChI=1S/C17H35N3O3/c1-14(21)13-20(5)17(23)10-8-12-19(4)11-7-6-9-16(18-3)15(2)22/h16-18,23H,6-13H2,1-5H3. The number of unbranched alkanes of at least 4 members (excludes halogenated alkanes) is 1. The first-order valence-electron chi connectivity index (χ1n) is 8.52. The number of aliphatic hydroxyl groups excluding tert-OH is 1. The van der Waals surface area contributed by atoms with Crippen LogP contribution in [0.1, 0.15) is 46.0 Å². The highest BCUT2D eigenvalue weighted by Gasteiger charge is 2.13. The second kappa shape index (κ2) is 12.6. The highest BCUT2D eigenvalue weighted by Crippen LogP contribution is 2.06. The minimum absolute atomic E-state index is 0.0210. The molecule has 0 aliphatic rings. The fourth-order valence-electron chi connectivity index (χ4n) is 2.61. The summed E-state index contributed by atoms with van der Waals surface area (Å²) < 4.78 is 0. The average Bonchev–Trinajstić information content (AvgIpc) is 2.45. The van der Waals surface area contributed by atoms with Crippen LogP contribution in [0.3, 0.4) is 0 Å². The van der Waals surface area contributed by atoms with E-state index in [0.717, 1.165) is 38.8 Å². The molecule has 0 saturated carbocycles. The smallest absolute Gasteiger partial charge is 0.146 e. The monoisotopic (exact) mass is 329 g/mol. The number of aliphatic hydroxyl groups is 1. The number of rotatable bonds is 14. The van der Waals surface area contributed by atoms with Crippen LogP contribution in [-0.4, -0.2) is 79.5 Å². The Labute approximate surface area is 141 Å². The van der Waals surface area contributed by atoms with Crippen LogP contribution in [0, 0.1) is 0 Å². The Morgan fingerprint density at radius 1 is 1.04 bits per heavy atom.